The molecule has 0 aromatic carbocycles. The molecule has 1 aliphatic heterocycles. The molecule has 0 aliphatic carbocycles. The zero-order valence-electron chi connectivity index (χ0n) is 12.0. The monoisotopic (exact) mass is 279 g/mol. The summed E-state index contributed by atoms with van der Waals surface area (Å²) in [5.74, 6) is 1.20. The normalized spacial score (nSPS) is 17.1. The van der Waals surface area contributed by atoms with Crippen LogP contribution in [-0.2, 0) is 0 Å². The van der Waals surface area contributed by atoms with Crippen molar-refractivity contribution in [2.45, 2.75) is 12.8 Å². The molecule has 1 fully saturated rings. The van der Waals surface area contributed by atoms with Crippen LogP contribution in [0.3, 0.4) is 0 Å². The van der Waals surface area contributed by atoms with Gasteiger partial charge in [-0.1, -0.05) is 0 Å². The van der Waals surface area contributed by atoms with Gasteiger partial charge in [-0.05, 0) is 45.0 Å². The Morgan fingerprint density at radius 3 is 2.75 bits per heavy atom. The van der Waals surface area contributed by atoms with Crippen LogP contribution >= 0.6 is 0 Å². The minimum Gasteiger partial charge on any atom is -0.384 e. The smallest absolute Gasteiger partial charge is 0.311 e. The molecule has 0 atom stereocenters. The van der Waals surface area contributed by atoms with E-state index in [9.17, 15) is 10.1 Å². The highest BCUT2D eigenvalue weighted by atomic mass is 16.6. The van der Waals surface area contributed by atoms with Crippen LogP contribution in [0.5, 0.6) is 0 Å². The molecule has 1 saturated heterocycles. The van der Waals surface area contributed by atoms with Gasteiger partial charge in [-0.3, -0.25) is 10.1 Å². The maximum Gasteiger partial charge on any atom is 0.311 e. The number of anilines is 2. The van der Waals surface area contributed by atoms with Gasteiger partial charge in [0.2, 0.25) is 5.82 Å². The number of hydrogen-bond donors (Lipinski definition) is 1. The molecule has 2 rings (SSSR count). The number of rotatable bonds is 4. The number of nitrogens with zero attached hydrogens (tertiary/aromatic N) is 4. The molecule has 1 aliphatic rings. The first-order valence-electron chi connectivity index (χ1n) is 6.78. The summed E-state index contributed by atoms with van der Waals surface area (Å²) in [5.41, 5.74) is 5.66. The molecule has 20 heavy (non-hydrogen) atoms. The highest BCUT2D eigenvalue weighted by Gasteiger charge is 2.23. The van der Waals surface area contributed by atoms with Crippen LogP contribution in [-0.4, -0.2) is 48.5 Å². The zero-order valence-corrected chi connectivity index (χ0v) is 12.0. The number of hydrogen-bond acceptors (Lipinski definition) is 6. The van der Waals surface area contributed by atoms with Crippen LogP contribution in [0.2, 0.25) is 0 Å². The quantitative estimate of drug-likeness (QED) is 0.661. The van der Waals surface area contributed by atoms with Crippen molar-refractivity contribution in [3.05, 3.63) is 22.2 Å². The van der Waals surface area contributed by atoms with E-state index >= 15 is 0 Å². The van der Waals surface area contributed by atoms with Crippen LogP contribution in [0.4, 0.5) is 17.3 Å². The molecule has 0 bridgehead atoms. The van der Waals surface area contributed by atoms with Gasteiger partial charge in [0.25, 0.3) is 0 Å². The van der Waals surface area contributed by atoms with Crippen molar-refractivity contribution < 1.29 is 4.92 Å². The second-order valence-corrected chi connectivity index (χ2v) is 5.46. The van der Waals surface area contributed by atoms with Crippen molar-refractivity contribution >= 4 is 17.3 Å². The Morgan fingerprint density at radius 1 is 1.50 bits per heavy atom. The highest BCUT2D eigenvalue weighted by molar-refractivity contribution is 5.60. The van der Waals surface area contributed by atoms with Crippen molar-refractivity contribution in [3.63, 3.8) is 0 Å². The van der Waals surface area contributed by atoms with E-state index in [0.29, 0.717) is 17.6 Å². The van der Waals surface area contributed by atoms with E-state index in [0.717, 1.165) is 32.5 Å². The summed E-state index contributed by atoms with van der Waals surface area (Å²) in [5, 5.41) is 11.1. The summed E-state index contributed by atoms with van der Waals surface area (Å²) >= 11 is 0. The van der Waals surface area contributed by atoms with Gasteiger partial charge in [0.05, 0.1) is 4.92 Å². The fourth-order valence-corrected chi connectivity index (χ4v) is 2.60. The van der Waals surface area contributed by atoms with Crippen LogP contribution in [0.25, 0.3) is 0 Å². The van der Waals surface area contributed by atoms with Crippen LogP contribution in [0.1, 0.15) is 12.8 Å². The van der Waals surface area contributed by atoms with E-state index in [2.05, 4.69) is 16.9 Å². The van der Waals surface area contributed by atoms with Gasteiger partial charge >= 0.3 is 5.69 Å². The molecule has 0 saturated carbocycles. The van der Waals surface area contributed by atoms with E-state index < -0.39 is 4.92 Å². The summed E-state index contributed by atoms with van der Waals surface area (Å²) in [4.78, 5) is 18.9. The lowest BCUT2D eigenvalue weighted by atomic mass is 9.96. The number of piperidine rings is 1. The summed E-state index contributed by atoms with van der Waals surface area (Å²) in [6.07, 6.45) is 2.22. The summed E-state index contributed by atoms with van der Waals surface area (Å²) < 4.78 is 0. The van der Waals surface area contributed by atoms with E-state index in [4.69, 9.17) is 5.73 Å². The fraction of sp³-hybridized carbons (Fsp3) is 0.615. The maximum absolute atomic E-state index is 11.1. The standard InChI is InChI=1S/C13H21N5O2/c1-16-7-5-10(6-8-16)9-17(2)13-11(18(19)20)3-4-12(14)15-13/h3-4,10H,5-9H2,1-2H3,(H2,14,15). The van der Waals surface area contributed by atoms with Crippen molar-refractivity contribution in [2.75, 3.05) is 44.4 Å². The second-order valence-electron chi connectivity index (χ2n) is 5.46. The summed E-state index contributed by atoms with van der Waals surface area (Å²) in [7, 11) is 3.96. The molecular weight excluding hydrogens is 258 g/mol. The Bertz CT molecular complexity index is 486. The minimum atomic E-state index is -0.410. The van der Waals surface area contributed by atoms with Crippen LogP contribution in [0, 0.1) is 16.0 Å². The van der Waals surface area contributed by atoms with Crippen molar-refractivity contribution in [2.24, 2.45) is 5.92 Å². The number of nitrogens with two attached hydrogens (primary N) is 1. The van der Waals surface area contributed by atoms with Gasteiger partial charge in [0.1, 0.15) is 5.82 Å². The number of nitro groups is 1. The predicted molar refractivity (Wildman–Crippen MR) is 78.8 cm³/mol. The molecule has 7 heteroatoms. The molecular formula is C13H21N5O2. The molecule has 0 unspecified atom stereocenters. The summed E-state index contributed by atoms with van der Waals surface area (Å²) in [6.45, 7) is 2.92. The first-order chi connectivity index (χ1) is 9.47. The Morgan fingerprint density at radius 2 is 2.15 bits per heavy atom. The molecule has 1 aromatic rings. The molecule has 1 aromatic heterocycles. The molecule has 7 nitrogen and oxygen atoms in total. The second kappa shape index (κ2) is 6.04. The third-order valence-corrected chi connectivity index (χ3v) is 3.80. The summed E-state index contributed by atoms with van der Waals surface area (Å²) in [6, 6.07) is 2.88. The Labute approximate surface area is 118 Å². The van der Waals surface area contributed by atoms with Crippen molar-refractivity contribution in [1.29, 1.82) is 0 Å². The minimum absolute atomic E-state index is 0.00891. The maximum atomic E-state index is 11.1. The van der Waals surface area contributed by atoms with Crippen molar-refractivity contribution in [1.82, 2.24) is 9.88 Å². The average molecular weight is 279 g/mol. The third-order valence-electron chi connectivity index (χ3n) is 3.80. The molecule has 2 heterocycles. The number of likely N-dealkylation sites (tertiary alicyclic amines) is 1. The van der Waals surface area contributed by atoms with Gasteiger partial charge in [0, 0.05) is 19.7 Å². The Hall–Kier alpha value is -1.89. The number of nitrogen functional groups attached to an aromatic ring is 1. The lowest BCUT2D eigenvalue weighted by Gasteiger charge is -2.31. The molecule has 0 amide bonds. The lowest BCUT2D eigenvalue weighted by molar-refractivity contribution is -0.384. The van der Waals surface area contributed by atoms with E-state index in [1.165, 1.54) is 12.1 Å². The number of pyridine rings is 1. The first kappa shape index (κ1) is 14.5. The van der Waals surface area contributed by atoms with E-state index in [1.807, 2.05) is 11.9 Å². The predicted octanol–water partition coefficient (Wildman–Crippen LogP) is 1.35. The van der Waals surface area contributed by atoms with Gasteiger partial charge in [0.15, 0.2) is 0 Å². The Balaban J connectivity index is 2.10. The van der Waals surface area contributed by atoms with Gasteiger partial charge < -0.3 is 15.5 Å². The van der Waals surface area contributed by atoms with Gasteiger partial charge in [-0.2, -0.15) is 0 Å². The topological polar surface area (TPSA) is 88.5 Å². The third kappa shape index (κ3) is 3.36. The van der Waals surface area contributed by atoms with Gasteiger partial charge in [-0.25, -0.2) is 4.98 Å². The molecule has 0 radical (unpaired) electrons. The van der Waals surface area contributed by atoms with Crippen LogP contribution in [0.15, 0.2) is 12.1 Å². The van der Waals surface area contributed by atoms with Gasteiger partial charge in [-0.15, -0.1) is 0 Å². The Kier molecular flexibility index (Phi) is 4.39. The SMILES string of the molecule is CN1CCC(CN(C)c2nc(N)ccc2[N+](=O)[O-])CC1. The molecule has 2 N–H and O–H groups in total. The highest BCUT2D eigenvalue weighted by Crippen LogP contribution is 2.28. The van der Waals surface area contributed by atoms with Crippen molar-refractivity contribution in [3.8, 4) is 0 Å². The van der Waals surface area contributed by atoms with E-state index in [-0.39, 0.29) is 5.69 Å². The average Bonchev–Trinajstić information content (AvgIpc) is 2.41. The van der Waals surface area contributed by atoms with E-state index in [1.54, 1.807) is 0 Å². The largest absolute Gasteiger partial charge is 0.384 e. The zero-order chi connectivity index (χ0) is 14.7. The number of aromatic nitrogens is 1. The fourth-order valence-electron chi connectivity index (χ4n) is 2.60. The molecule has 0 spiro atoms. The first-order valence-corrected chi connectivity index (χ1v) is 6.78. The molecule has 110 valence electrons. The lowest BCUT2D eigenvalue weighted by Crippen LogP contribution is -2.36. The van der Waals surface area contributed by atoms with Crippen LogP contribution < -0.4 is 10.6 Å².